The first-order valence-electron chi connectivity index (χ1n) is 5.97. The van der Waals surface area contributed by atoms with Crippen molar-refractivity contribution in [2.24, 2.45) is 11.7 Å². The summed E-state index contributed by atoms with van der Waals surface area (Å²) in [7, 11) is 0. The van der Waals surface area contributed by atoms with Gasteiger partial charge in [0.2, 0.25) is 5.89 Å². The molecule has 0 aliphatic carbocycles. The third-order valence-electron chi connectivity index (χ3n) is 2.45. The molecule has 0 amide bonds. The van der Waals surface area contributed by atoms with Crippen LogP contribution in [0.25, 0.3) is 0 Å². The van der Waals surface area contributed by atoms with Crippen molar-refractivity contribution in [3.63, 3.8) is 0 Å². The Kier molecular flexibility index (Phi) is 5.37. The van der Waals surface area contributed by atoms with Crippen LogP contribution in [0.15, 0.2) is 4.42 Å². The fourth-order valence-corrected chi connectivity index (χ4v) is 1.28. The third kappa shape index (κ3) is 4.32. The second-order valence-corrected chi connectivity index (χ2v) is 4.39. The maximum Gasteiger partial charge on any atom is 0.315 e. The predicted octanol–water partition coefficient (Wildman–Crippen LogP) is 1.56. The van der Waals surface area contributed by atoms with Gasteiger partial charge in [-0.3, -0.25) is 0 Å². The molecular weight excluding hydrogens is 220 g/mol. The van der Waals surface area contributed by atoms with Crippen LogP contribution in [-0.4, -0.2) is 29.5 Å². The fraction of sp³-hybridized carbons (Fsp3) is 0.818. The van der Waals surface area contributed by atoms with E-state index in [0.717, 1.165) is 0 Å². The molecule has 0 aliphatic rings. The van der Waals surface area contributed by atoms with E-state index in [4.69, 9.17) is 14.9 Å². The van der Waals surface area contributed by atoms with E-state index in [-0.39, 0.29) is 12.1 Å². The highest BCUT2D eigenvalue weighted by Crippen LogP contribution is 2.14. The Morgan fingerprint density at radius 2 is 2.06 bits per heavy atom. The Morgan fingerprint density at radius 3 is 2.53 bits per heavy atom. The molecule has 1 aromatic rings. The highest BCUT2D eigenvalue weighted by Gasteiger charge is 2.17. The minimum atomic E-state index is -0.248. The lowest BCUT2D eigenvalue weighted by molar-refractivity contribution is 0.126. The molecule has 0 spiro atoms. The monoisotopic (exact) mass is 242 g/mol. The quantitative estimate of drug-likeness (QED) is 0.754. The zero-order chi connectivity index (χ0) is 12.8. The molecule has 1 rings (SSSR count). The number of anilines is 1. The van der Waals surface area contributed by atoms with Crippen molar-refractivity contribution in [2.45, 2.75) is 39.8 Å². The predicted molar refractivity (Wildman–Crippen MR) is 65.6 cm³/mol. The lowest BCUT2D eigenvalue weighted by atomic mass is 10.1. The molecule has 0 saturated heterocycles. The van der Waals surface area contributed by atoms with Crippen molar-refractivity contribution in [1.82, 2.24) is 10.2 Å². The van der Waals surface area contributed by atoms with Crippen LogP contribution >= 0.6 is 0 Å². The summed E-state index contributed by atoms with van der Waals surface area (Å²) in [5, 5.41) is 10.9. The molecule has 3 N–H and O–H groups in total. The van der Waals surface area contributed by atoms with E-state index < -0.39 is 0 Å². The Morgan fingerprint density at radius 1 is 1.35 bits per heavy atom. The van der Waals surface area contributed by atoms with Gasteiger partial charge in [0.15, 0.2) is 0 Å². The second-order valence-electron chi connectivity index (χ2n) is 4.39. The average Bonchev–Trinajstić information content (AvgIpc) is 2.72. The van der Waals surface area contributed by atoms with Gasteiger partial charge in [-0.25, -0.2) is 0 Å². The lowest BCUT2D eigenvalue weighted by Crippen LogP contribution is -2.31. The molecule has 0 fully saturated rings. The molecule has 6 heteroatoms. The normalized spacial score (nSPS) is 14.9. The van der Waals surface area contributed by atoms with Crippen molar-refractivity contribution in [3.8, 4) is 0 Å². The topological polar surface area (TPSA) is 86.2 Å². The first-order valence-corrected chi connectivity index (χ1v) is 5.97. The maximum absolute atomic E-state index is 5.65. The molecule has 1 aromatic heterocycles. The Labute approximate surface area is 102 Å². The van der Waals surface area contributed by atoms with Gasteiger partial charge >= 0.3 is 6.01 Å². The zero-order valence-corrected chi connectivity index (χ0v) is 10.9. The summed E-state index contributed by atoms with van der Waals surface area (Å²) in [4.78, 5) is 0. The Balaban J connectivity index is 2.58. The van der Waals surface area contributed by atoms with Crippen molar-refractivity contribution in [3.05, 3.63) is 5.89 Å². The summed E-state index contributed by atoms with van der Waals surface area (Å²) in [6.07, 6.45) is 0. The number of ether oxygens (including phenoxy) is 1. The van der Waals surface area contributed by atoms with E-state index in [2.05, 4.69) is 29.4 Å². The average molecular weight is 242 g/mol. The smallest absolute Gasteiger partial charge is 0.315 e. The number of nitrogens with one attached hydrogen (secondary N) is 1. The van der Waals surface area contributed by atoms with E-state index in [1.807, 2.05) is 6.92 Å². The summed E-state index contributed by atoms with van der Waals surface area (Å²) >= 11 is 0. The number of rotatable bonds is 7. The zero-order valence-electron chi connectivity index (χ0n) is 10.9. The highest BCUT2D eigenvalue weighted by atomic mass is 16.5. The number of aromatic nitrogens is 2. The molecular formula is C11H22N4O2. The SMILES string of the molecule is CCOCC(Nc1nnc(C(C)N)o1)C(C)C. The third-order valence-corrected chi connectivity index (χ3v) is 2.45. The molecule has 1 heterocycles. The highest BCUT2D eigenvalue weighted by molar-refractivity contribution is 5.20. The van der Waals surface area contributed by atoms with Crippen molar-refractivity contribution >= 4 is 6.01 Å². The summed E-state index contributed by atoms with van der Waals surface area (Å²) in [6.45, 7) is 9.30. The van der Waals surface area contributed by atoms with Crippen LogP contribution in [0.5, 0.6) is 0 Å². The number of hydrogen-bond donors (Lipinski definition) is 2. The molecule has 98 valence electrons. The number of nitrogens with two attached hydrogens (primary N) is 1. The lowest BCUT2D eigenvalue weighted by Gasteiger charge is -2.20. The van der Waals surface area contributed by atoms with Gasteiger partial charge in [0, 0.05) is 6.61 Å². The minimum absolute atomic E-state index is 0.149. The van der Waals surface area contributed by atoms with E-state index in [1.54, 1.807) is 6.92 Å². The van der Waals surface area contributed by atoms with Crippen molar-refractivity contribution < 1.29 is 9.15 Å². The first kappa shape index (κ1) is 13.9. The molecule has 6 nitrogen and oxygen atoms in total. The first-order chi connectivity index (χ1) is 8.04. The van der Waals surface area contributed by atoms with Crippen LogP contribution in [0.3, 0.4) is 0 Å². The molecule has 0 aliphatic heterocycles. The van der Waals surface area contributed by atoms with Crippen LogP contribution in [0.2, 0.25) is 0 Å². The molecule has 0 bridgehead atoms. The van der Waals surface area contributed by atoms with Crippen molar-refractivity contribution in [1.29, 1.82) is 0 Å². The van der Waals surface area contributed by atoms with Crippen LogP contribution in [0.1, 0.15) is 39.6 Å². The van der Waals surface area contributed by atoms with Crippen LogP contribution < -0.4 is 11.1 Å². The van der Waals surface area contributed by atoms with Crippen LogP contribution in [0, 0.1) is 5.92 Å². The van der Waals surface area contributed by atoms with E-state index in [1.165, 1.54) is 0 Å². The van der Waals surface area contributed by atoms with Gasteiger partial charge in [-0.05, 0) is 19.8 Å². The molecule has 2 atom stereocenters. The molecule has 0 radical (unpaired) electrons. The van der Waals surface area contributed by atoms with Gasteiger partial charge in [0.25, 0.3) is 0 Å². The van der Waals surface area contributed by atoms with E-state index >= 15 is 0 Å². The van der Waals surface area contributed by atoms with Gasteiger partial charge in [-0.15, -0.1) is 5.10 Å². The summed E-state index contributed by atoms with van der Waals surface area (Å²) in [5.74, 6) is 0.846. The van der Waals surface area contributed by atoms with Crippen LogP contribution in [0.4, 0.5) is 6.01 Å². The second kappa shape index (κ2) is 6.56. The molecule has 0 saturated carbocycles. The number of nitrogens with zero attached hydrogens (tertiary/aromatic N) is 2. The summed E-state index contributed by atoms with van der Waals surface area (Å²) in [5.41, 5.74) is 5.65. The number of hydrogen-bond acceptors (Lipinski definition) is 6. The summed E-state index contributed by atoms with van der Waals surface area (Å²) in [6, 6.07) is 0.300. The van der Waals surface area contributed by atoms with Gasteiger partial charge in [-0.2, -0.15) is 0 Å². The van der Waals surface area contributed by atoms with Gasteiger partial charge < -0.3 is 20.2 Å². The van der Waals surface area contributed by atoms with Gasteiger partial charge in [-0.1, -0.05) is 18.9 Å². The van der Waals surface area contributed by atoms with E-state index in [9.17, 15) is 0 Å². The molecule has 0 aromatic carbocycles. The van der Waals surface area contributed by atoms with Gasteiger partial charge in [0.05, 0.1) is 18.7 Å². The van der Waals surface area contributed by atoms with Crippen molar-refractivity contribution in [2.75, 3.05) is 18.5 Å². The minimum Gasteiger partial charge on any atom is -0.406 e. The fourth-order valence-electron chi connectivity index (χ4n) is 1.28. The largest absolute Gasteiger partial charge is 0.406 e. The standard InChI is InChI=1S/C11H22N4O2/c1-5-16-6-9(7(2)3)13-11-15-14-10(17-11)8(4)12/h7-9H,5-6,12H2,1-4H3,(H,13,15). The van der Waals surface area contributed by atoms with Gasteiger partial charge in [0.1, 0.15) is 0 Å². The molecule has 17 heavy (non-hydrogen) atoms. The summed E-state index contributed by atoms with van der Waals surface area (Å²) < 4.78 is 10.8. The Hall–Kier alpha value is -1.14. The van der Waals surface area contributed by atoms with E-state index in [0.29, 0.717) is 31.0 Å². The maximum atomic E-state index is 5.65. The Bertz CT molecular complexity index is 325. The van der Waals surface area contributed by atoms with Crippen LogP contribution in [-0.2, 0) is 4.74 Å². The molecule has 2 unspecified atom stereocenters.